The van der Waals surface area contributed by atoms with Crippen molar-refractivity contribution in [3.8, 4) is 66.8 Å². The van der Waals surface area contributed by atoms with Gasteiger partial charge in [-0.15, -0.1) is 0 Å². The molecule has 2 heteroatoms. The van der Waals surface area contributed by atoms with Crippen molar-refractivity contribution >= 4 is 97.7 Å². The molecule has 0 aliphatic rings. The zero-order chi connectivity index (χ0) is 49.8. The van der Waals surface area contributed by atoms with Crippen LogP contribution in [-0.2, 0) is 0 Å². The van der Waals surface area contributed by atoms with E-state index >= 15 is 0 Å². The van der Waals surface area contributed by atoms with Crippen LogP contribution >= 0.6 is 0 Å². The lowest BCUT2D eigenvalue weighted by Crippen LogP contribution is -1.92. The number of rotatable bonds is 6. The second-order valence-corrected chi connectivity index (χ2v) is 20.1. The number of para-hydroxylation sites is 4. The Balaban J connectivity index is 0.935. The Kier molecular flexibility index (Phi) is 9.37. The number of hydrogen-bond acceptors (Lipinski definition) is 2. The summed E-state index contributed by atoms with van der Waals surface area (Å²) in [6.07, 6.45) is 0. The summed E-state index contributed by atoms with van der Waals surface area (Å²) in [6.45, 7) is 0. The Labute approximate surface area is 437 Å². The summed E-state index contributed by atoms with van der Waals surface area (Å²) in [5, 5.41) is 16.4. The average Bonchev–Trinajstić information content (AvgIpc) is 4.15. The minimum Gasteiger partial charge on any atom is -0.455 e. The number of fused-ring (bicyclic) bond motifs is 11. The summed E-state index contributed by atoms with van der Waals surface area (Å²) in [5.74, 6) is 0. The topological polar surface area (TPSA) is 26.3 Å². The fourth-order valence-corrected chi connectivity index (χ4v) is 12.7. The fourth-order valence-electron chi connectivity index (χ4n) is 12.7. The summed E-state index contributed by atoms with van der Waals surface area (Å²) in [7, 11) is 0. The zero-order valence-electron chi connectivity index (χ0n) is 41.2. The van der Waals surface area contributed by atoms with Gasteiger partial charge in [0, 0.05) is 49.4 Å². The molecule has 0 radical (unpaired) electrons. The van der Waals surface area contributed by atoms with Gasteiger partial charge < -0.3 is 8.83 Å². The standard InChI is InChI=1S/C74H44O2/c1-2-18-47(19-3-1)68-54-22-6-9-25-57(54)70(58-26-10-7-23-55(58)68)64-32-16-31-63-62-30-14-28-52(72(62)76-74(63)64)51-41-42-60-66(44-51)71(65-33-15-29-61-53-21-12-13-34-67(53)75-73(61)65)59-27-11-8-24-56(59)69(60)48-38-35-46(36-39-48)50-40-37-45-17-4-5-20-49(45)43-50/h1-44H. The highest BCUT2D eigenvalue weighted by Crippen LogP contribution is 2.50. The third-order valence-corrected chi connectivity index (χ3v) is 16.1. The first-order valence-corrected chi connectivity index (χ1v) is 26.1. The quantitative estimate of drug-likeness (QED) is 0.155. The first-order valence-electron chi connectivity index (χ1n) is 26.1. The molecule has 0 saturated carbocycles. The number of furan rings is 2. The van der Waals surface area contributed by atoms with Crippen LogP contribution in [-0.4, -0.2) is 0 Å². The van der Waals surface area contributed by atoms with Crippen molar-refractivity contribution in [2.45, 2.75) is 0 Å². The van der Waals surface area contributed by atoms with E-state index in [0.29, 0.717) is 0 Å². The van der Waals surface area contributed by atoms with Gasteiger partial charge in [-0.05, 0) is 111 Å². The molecule has 16 aromatic rings. The molecule has 0 aliphatic carbocycles. The highest BCUT2D eigenvalue weighted by atomic mass is 16.3. The van der Waals surface area contributed by atoms with Gasteiger partial charge in [-0.3, -0.25) is 0 Å². The van der Waals surface area contributed by atoms with Crippen LogP contribution in [0.25, 0.3) is 165 Å². The van der Waals surface area contributed by atoms with Crippen LogP contribution in [0, 0.1) is 0 Å². The molecule has 2 aromatic heterocycles. The van der Waals surface area contributed by atoms with E-state index in [-0.39, 0.29) is 0 Å². The Hall–Kier alpha value is -10.0. The summed E-state index contributed by atoms with van der Waals surface area (Å²) in [6, 6.07) is 97.1. The van der Waals surface area contributed by atoms with Crippen LogP contribution in [0.5, 0.6) is 0 Å². The van der Waals surface area contributed by atoms with Crippen molar-refractivity contribution < 1.29 is 8.83 Å². The molecule has 0 saturated heterocycles. The smallest absolute Gasteiger partial charge is 0.143 e. The average molecular weight is 965 g/mol. The molecule has 14 aromatic carbocycles. The first kappa shape index (κ1) is 42.5. The Bertz CT molecular complexity index is 4980. The molecular formula is C74H44O2. The van der Waals surface area contributed by atoms with Crippen LogP contribution in [0.15, 0.2) is 276 Å². The van der Waals surface area contributed by atoms with E-state index in [9.17, 15) is 0 Å². The molecule has 0 unspecified atom stereocenters. The van der Waals surface area contributed by atoms with Crippen molar-refractivity contribution in [3.63, 3.8) is 0 Å². The van der Waals surface area contributed by atoms with Gasteiger partial charge in [0.25, 0.3) is 0 Å². The van der Waals surface area contributed by atoms with Gasteiger partial charge in [0.2, 0.25) is 0 Å². The predicted octanol–water partition coefficient (Wildman–Crippen LogP) is 21.3. The molecule has 0 atom stereocenters. The lowest BCUT2D eigenvalue weighted by molar-refractivity contribution is 0.670. The summed E-state index contributed by atoms with van der Waals surface area (Å²) in [4.78, 5) is 0. The zero-order valence-corrected chi connectivity index (χ0v) is 41.2. The van der Waals surface area contributed by atoms with Gasteiger partial charge in [0.15, 0.2) is 0 Å². The van der Waals surface area contributed by atoms with E-state index in [1.807, 2.05) is 0 Å². The van der Waals surface area contributed by atoms with E-state index in [1.54, 1.807) is 0 Å². The fraction of sp³-hybridized carbons (Fsp3) is 0. The molecule has 0 fully saturated rings. The second kappa shape index (κ2) is 16.8. The highest BCUT2D eigenvalue weighted by Gasteiger charge is 2.24. The van der Waals surface area contributed by atoms with Crippen molar-refractivity contribution in [1.29, 1.82) is 0 Å². The first-order chi connectivity index (χ1) is 37.7. The molecular weight excluding hydrogens is 921 g/mol. The SMILES string of the molecule is c1ccc(-c2c3ccccc3c(-c3cccc4c3oc3c(-c5ccc6c(-c7ccc(-c8ccc9ccccc9c8)cc7)c7ccccc7c(-c7cccc8c7oc7ccccc78)c6c5)cccc34)c3ccccc23)cc1. The molecule has 2 nitrogen and oxygen atoms in total. The van der Waals surface area contributed by atoms with Gasteiger partial charge >= 0.3 is 0 Å². The second-order valence-electron chi connectivity index (χ2n) is 20.1. The van der Waals surface area contributed by atoms with E-state index in [4.69, 9.17) is 8.83 Å². The van der Waals surface area contributed by atoms with Crippen molar-refractivity contribution in [3.05, 3.63) is 267 Å². The molecule has 352 valence electrons. The van der Waals surface area contributed by atoms with Gasteiger partial charge in [-0.2, -0.15) is 0 Å². The third kappa shape index (κ3) is 6.41. The van der Waals surface area contributed by atoms with E-state index in [2.05, 4.69) is 267 Å². The van der Waals surface area contributed by atoms with Crippen molar-refractivity contribution in [1.82, 2.24) is 0 Å². The molecule has 0 N–H and O–H groups in total. The van der Waals surface area contributed by atoms with E-state index < -0.39 is 0 Å². The minimum absolute atomic E-state index is 0.866. The van der Waals surface area contributed by atoms with E-state index in [0.717, 1.165) is 88.0 Å². The van der Waals surface area contributed by atoms with Crippen molar-refractivity contribution in [2.75, 3.05) is 0 Å². The molecule has 0 bridgehead atoms. The summed E-state index contributed by atoms with van der Waals surface area (Å²) < 4.78 is 14.2. The minimum atomic E-state index is 0.866. The molecule has 0 amide bonds. The van der Waals surface area contributed by atoms with Crippen LogP contribution in [0.3, 0.4) is 0 Å². The molecule has 16 rings (SSSR count). The highest BCUT2D eigenvalue weighted by molar-refractivity contribution is 6.27. The van der Waals surface area contributed by atoms with Crippen LogP contribution < -0.4 is 0 Å². The third-order valence-electron chi connectivity index (χ3n) is 16.1. The summed E-state index contributed by atoms with van der Waals surface area (Å²) in [5.41, 5.74) is 17.3. The largest absolute Gasteiger partial charge is 0.455 e. The van der Waals surface area contributed by atoms with Gasteiger partial charge in [-0.25, -0.2) is 0 Å². The van der Waals surface area contributed by atoms with Crippen molar-refractivity contribution in [2.24, 2.45) is 0 Å². The molecule has 2 heterocycles. The molecule has 76 heavy (non-hydrogen) atoms. The maximum atomic E-state index is 7.37. The number of benzene rings is 14. The Morgan fingerprint density at radius 3 is 1.22 bits per heavy atom. The Morgan fingerprint density at radius 2 is 0.592 bits per heavy atom. The molecule has 0 aliphatic heterocycles. The number of hydrogen-bond donors (Lipinski definition) is 0. The predicted molar refractivity (Wildman–Crippen MR) is 321 cm³/mol. The van der Waals surface area contributed by atoms with Gasteiger partial charge in [0.05, 0.1) is 0 Å². The maximum absolute atomic E-state index is 7.37. The monoisotopic (exact) mass is 964 g/mol. The van der Waals surface area contributed by atoms with Crippen LogP contribution in [0.2, 0.25) is 0 Å². The van der Waals surface area contributed by atoms with E-state index in [1.165, 1.54) is 76.5 Å². The Morgan fingerprint density at radius 1 is 0.184 bits per heavy atom. The van der Waals surface area contributed by atoms with Gasteiger partial charge in [-0.1, -0.05) is 249 Å². The molecule has 0 spiro atoms. The van der Waals surface area contributed by atoms with Crippen LogP contribution in [0.4, 0.5) is 0 Å². The lowest BCUT2D eigenvalue weighted by atomic mass is 9.84. The normalized spacial score (nSPS) is 11.9. The van der Waals surface area contributed by atoms with Gasteiger partial charge in [0.1, 0.15) is 22.3 Å². The maximum Gasteiger partial charge on any atom is 0.143 e. The summed E-state index contributed by atoms with van der Waals surface area (Å²) >= 11 is 0. The van der Waals surface area contributed by atoms with Crippen LogP contribution in [0.1, 0.15) is 0 Å². The lowest BCUT2D eigenvalue weighted by Gasteiger charge is -2.19.